The molecule has 0 aliphatic carbocycles. The summed E-state index contributed by atoms with van der Waals surface area (Å²) in [5, 5.41) is 5.70. The first-order valence-corrected chi connectivity index (χ1v) is 10.9. The molecule has 0 radical (unpaired) electrons. The van der Waals surface area contributed by atoms with E-state index in [9.17, 15) is 22.8 Å². The number of benzene rings is 2. The molecule has 6 nitrogen and oxygen atoms in total. The first kappa shape index (κ1) is 23.3. The molecule has 2 aliphatic heterocycles. The molecular formula is C24H26F3N3O3. The Morgan fingerprint density at radius 3 is 2.64 bits per heavy atom. The van der Waals surface area contributed by atoms with Crippen LogP contribution >= 0.6 is 0 Å². The minimum Gasteiger partial charge on any atom is -0.379 e. The Balaban J connectivity index is 1.51. The number of alkyl halides is 3. The number of morpholine rings is 1. The number of carbonyl (C=O) groups is 2. The molecule has 2 unspecified atom stereocenters. The van der Waals surface area contributed by atoms with Crippen molar-refractivity contribution in [3.05, 3.63) is 64.7 Å². The van der Waals surface area contributed by atoms with Crippen molar-refractivity contribution in [3.63, 3.8) is 0 Å². The van der Waals surface area contributed by atoms with Crippen LogP contribution in [0.1, 0.15) is 39.4 Å². The molecule has 2 heterocycles. The number of hydrogen-bond donors (Lipinski definition) is 2. The maximum atomic E-state index is 13.0. The van der Waals surface area contributed by atoms with Gasteiger partial charge in [0, 0.05) is 36.8 Å². The van der Waals surface area contributed by atoms with Crippen LogP contribution in [0.2, 0.25) is 0 Å². The summed E-state index contributed by atoms with van der Waals surface area (Å²) in [4.78, 5) is 27.2. The Labute approximate surface area is 190 Å². The second-order valence-corrected chi connectivity index (χ2v) is 8.45. The Bertz CT molecular complexity index is 1040. The number of nitrogens with one attached hydrogen (secondary N) is 2. The first-order valence-electron chi connectivity index (χ1n) is 10.9. The molecule has 9 heteroatoms. The number of hydrogen-bond acceptors (Lipinski definition) is 4. The number of carbonyl (C=O) groups excluding carboxylic acids is 2. The van der Waals surface area contributed by atoms with Crippen LogP contribution in [0.5, 0.6) is 0 Å². The van der Waals surface area contributed by atoms with E-state index in [1.54, 1.807) is 6.07 Å². The van der Waals surface area contributed by atoms with Crippen molar-refractivity contribution in [2.75, 3.05) is 38.2 Å². The van der Waals surface area contributed by atoms with Gasteiger partial charge in [0.1, 0.15) is 0 Å². The van der Waals surface area contributed by atoms with Gasteiger partial charge in [-0.05, 0) is 54.8 Å². The van der Waals surface area contributed by atoms with Gasteiger partial charge in [0.15, 0.2) is 0 Å². The summed E-state index contributed by atoms with van der Waals surface area (Å²) in [5.74, 6) is -0.542. The number of amides is 2. The van der Waals surface area contributed by atoms with Gasteiger partial charge in [-0.3, -0.25) is 14.5 Å². The van der Waals surface area contributed by atoms with E-state index in [2.05, 4.69) is 15.5 Å². The van der Waals surface area contributed by atoms with Gasteiger partial charge in [-0.1, -0.05) is 12.1 Å². The van der Waals surface area contributed by atoms with Gasteiger partial charge in [0.25, 0.3) is 5.91 Å². The topological polar surface area (TPSA) is 70.7 Å². The molecule has 0 bridgehead atoms. The molecule has 33 heavy (non-hydrogen) atoms. The summed E-state index contributed by atoms with van der Waals surface area (Å²) in [6, 6.07) is 9.55. The smallest absolute Gasteiger partial charge is 0.379 e. The molecular weight excluding hydrogens is 435 g/mol. The average molecular weight is 461 g/mol. The standard InChI is InChI=1S/C24H26F3N3O3/c1-15-5-6-19(29-22(31)16-3-2-4-18(11-16)24(25,26)27)13-20(15)17-12-21(23(32)28-14-17)30-7-9-33-10-8-30/h2-6,11,13,17,21H,7-10,12,14H2,1H3,(H,28,32)(H,29,31). The number of rotatable bonds is 4. The zero-order valence-corrected chi connectivity index (χ0v) is 18.2. The number of halogens is 3. The van der Waals surface area contributed by atoms with Crippen LogP contribution < -0.4 is 10.6 Å². The van der Waals surface area contributed by atoms with Crippen molar-refractivity contribution in [1.29, 1.82) is 0 Å². The summed E-state index contributed by atoms with van der Waals surface area (Å²) in [6.07, 6.45) is -3.87. The van der Waals surface area contributed by atoms with Crippen LogP contribution in [0.4, 0.5) is 18.9 Å². The van der Waals surface area contributed by atoms with Crippen LogP contribution in [0.3, 0.4) is 0 Å². The Morgan fingerprint density at radius 1 is 1.15 bits per heavy atom. The quantitative estimate of drug-likeness (QED) is 0.731. The molecule has 2 aromatic carbocycles. The van der Waals surface area contributed by atoms with E-state index < -0.39 is 17.6 Å². The van der Waals surface area contributed by atoms with Crippen molar-refractivity contribution in [2.24, 2.45) is 0 Å². The number of piperidine rings is 1. The average Bonchev–Trinajstić information content (AvgIpc) is 2.81. The van der Waals surface area contributed by atoms with E-state index in [4.69, 9.17) is 4.74 Å². The number of aryl methyl sites for hydroxylation is 1. The molecule has 2 aliphatic rings. The summed E-state index contributed by atoms with van der Waals surface area (Å²) in [7, 11) is 0. The van der Waals surface area contributed by atoms with Gasteiger partial charge in [-0.25, -0.2) is 0 Å². The van der Waals surface area contributed by atoms with Crippen molar-refractivity contribution >= 4 is 17.5 Å². The lowest BCUT2D eigenvalue weighted by molar-refractivity contribution is -0.137. The lowest BCUT2D eigenvalue weighted by Gasteiger charge is -2.39. The van der Waals surface area contributed by atoms with Gasteiger partial charge in [0.2, 0.25) is 5.91 Å². The summed E-state index contributed by atoms with van der Waals surface area (Å²) in [6.45, 7) is 5.07. The maximum absolute atomic E-state index is 13.0. The fourth-order valence-electron chi connectivity index (χ4n) is 4.44. The Hall–Kier alpha value is -2.91. The van der Waals surface area contributed by atoms with Crippen molar-refractivity contribution < 1.29 is 27.5 Å². The minimum atomic E-state index is -4.52. The van der Waals surface area contributed by atoms with Crippen LogP contribution in [0.15, 0.2) is 42.5 Å². The zero-order valence-electron chi connectivity index (χ0n) is 18.2. The van der Waals surface area contributed by atoms with Crippen LogP contribution in [0.25, 0.3) is 0 Å². The monoisotopic (exact) mass is 461 g/mol. The second-order valence-electron chi connectivity index (χ2n) is 8.45. The molecule has 2 atom stereocenters. The molecule has 0 saturated carbocycles. The molecule has 0 aromatic heterocycles. The SMILES string of the molecule is Cc1ccc(NC(=O)c2cccc(C(F)(F)F)c2)cc1C1CNC(=O)C(N2CCOCC2)C1. The van der Waals surface area contributed by atoms with Crippen LogP contribution in [-0.2, 0) is 15.7 Å². The van der Waals surface area contributed by atoms with Gasteiger partial charge < -0.3 is 15.4 Å². The second kappa shape index (κ2) is 9.52. The highest BCUT2D eigenvalue weighted by atomic mass is 19.4. The van der Waals surface area contributed by atoms with Crippen molar-refractivity contribution in [3.8, 4) is 0 Å². The number of nitrogens with zero attached hydrogens (tertiary/aromatic N) is 1. The lowest BCUT2D eigenvalue weighted by Crippen LogP contribution is -2.55. The van der Waals surface area contributed by atoms with Gasteiger partial charge in [0.05, 0.1) is 24.8 Å². The first-order chi connectivity index (χ1) is 15.7. The molecule has 2 fully saturated rings. The molecule has 4 rings (SSSR count). The molecule has 2 aromatic rings. The van der Waals surface area contributed by atoms with E-state index in [1.165, 1.54) is 12.1 Å². The van der Waals surface area contributed by atoms with E-state index in [0.29, 0.717) is 45.0 Å². The third kappa shape index (κ3) is 5.36. The number of anilines is 1. The van der Waals surface area contributed by atoms with Gasteiger partial charge >= 0.3 is 6.18 Å². The third-order valence-corrected chi connectivity index (χ3v) is 6.25. The van der Waals surface area contributed by atoms with Gasteiger partial charge in [-0.15, -0.1) is 0 Å². The fraction of sp³-hybridized carbons (Fsp3) is 0.417. The van der Waals surface area contributed by atoms with Crippen LogP contribution in [-0.4, -0.2) is 55.6 Å². The summed E-state index contributed by atoms with van der Waals surface area (Å²) >= 11 is 0. The molecule has 2 amide bonds. The van der Waals surface area contributed by atoms with Crippen molar-refractivity contribution in [1.82, 2.24) is 10.2 Å². The minimum absolute atomic E-state index is 0.0137. The molecule has 0 spiro atoms. The van der Waals surface area contributed by atoms with E-state index >= 15 is 0 Å². The Kier molecular flexibility index (Phi) is 6.71. The van der Waals surface area contributed by atoms with E-state index in [-0.39, 0.29) is 23.4 Å². The molecule has 176 valence electrons. The van der Waals surface area contributed by atoms with Crippen molar-refractivity contribution in [2.45, 2.75) is 31.5 Å². The predicted octanol–water partition coefficient (Wildman–Crippen LogP) is 3.57. The highest BCUT2D eigenvalue weighted by Gasteiger charge is 2.35. The summed E-state index contributed by atoms with van der Waals surface area (Å²) < 4.78 is 44.3. The fourth-order valence-corrected chi connectivity index (χ4v) is 4.44. The maximum Gasteiger partial charge on any atom is 0.416 e. The highest BCUT2D eigenvalue weighted by molar-refractivity contribution is 6.04. The van der Waals surface area contributed by atoms with Gasteiger partial charge in [-0.2, -0.15) is 13.2 Å². The Morgan fingerprint density at radius 2 is 1.91 bits per heavy atom. The third-order valence-electron chi connectivity index (χ3n) is 6.25. The normalized spacial score (nSPS) is 22.0. The largest absolute Gasteiger partial charge is 0.416 e. The molecule has 2 N–H and O–H groups in total. The summed E-state index contributed by atoms with van der Waals surface area (Å²) in [5.41, 5.74) is 1.58. The number of ether oxygens (including phenoxy) is 1. The van der Waals surface area contributed by atoms with E-state index in [1.807, 2.05) is 19.1 Å². The lowest BCUT2D eigenvalue weighted by atomic mass is 9.85. The highest BCUT2D eigenvalue weighted by Crippen LogP contribution is 2.32. The zero-order chi connectivity index (χ0) is 23.6. The predicted molar refractivity (Wildman–Crippen MR) is 117 cm³/mol. The van der Waals surface area contributed by atoms with Crippen LogP contribution in [0, 0.1) is 6.92 Å². The molecule has 2 saturated heterocycles. The van der Waals surface area contributed by atoms with E-state index in [0.717, 1.165) is 23.3 Å².